The van der Waals surface area contributed by atoms with Crippen molar-refractivity contribution < 1.29 is 14.7 Å². The number of likely N-dealkylation sites (N-methyl/N-ethyl adjacent to an activating group) is 1. The largest absolute Gasteiger partial charge is 0.480 e. The fraction of sp³-hybridized carbons (Fsp3) is 0.321. The molecule has 1 fully saturated rings. The molecule has 0 aliphatic heterocycles. The summed E-state index contributed by atoms with van der Waals surface area (Å²) in [6.07, 6.45) is 7.71. The maximum Gasteiger partial charge on any atom is 0.323 e. The lowest BCUT2D eigenvalue weighted by Gasteiger charge is -2.25. The molecule has 1 aliphatic rings. The molecular formula is C28H30ClN3O3. The summed E-state index contributed by atoms with van der Waals surface area (Å²) >= 11 is 6.10. The zero-order chi connectivity index (χ0) is 24.9. The molecule has 1 heterocycles. The molecular weight excluding hydrogens is 462 g/mol. The van der Waals surface area contributed by atoms with Crippen LogP contribution in [0.4, 0.5) is 11.4 Å². The van der Waals surface area contributed by atoms with Gasteiger partial charge in [-0.25, -0.2) is 0 Å². The number of nitrogens with zero attached hydrogens (tertiary/aromatic N) is 2. The monoisotopic (exact) mass is 491 g/mol. The Morgan fingerprint density at radius 2 is 1.83 bits per heavy atom. The number of carbonyl (C=O) groups excluding carboxylic acids is 1. The van der Waals surface area contributed by atoms with E-state index in [4.69, 9.17) is 16.7 Å². The number of aliphatic carboxylic acids is 1. The maximum absolute atomic E-state index is 13.7. The minimum Gasteiger partial charge on any atom is -0.480 e. The summed E-state index contributed by atoms with van der Waals surface area (Å²) < 4.78 is 0. The van der Waals surface area contributed by atoms with Crippen LogP contribution in [0.5, 0.6) is 0 Å². The molecule has 1 saturated carbocycles. The Morgan fingerprint density at radius 3 is 2.49 bits per heavy atom. The highest BCUT2D eigenvalue weighted by molar-refractivity contribution is 6.30. The molecule has 0 spiro atoms. The molecule has 35 heavy (non-hydrogen) atoms. The third kappa shape index (κ3) is 5.82. The number of carboxylic acid groups (broad SMARTS) is 1. The van der Waals surface area contributed by atoms with E-state index in [-0.39, 0.29) is 24.3 Å². The second kappa shape index (κ2) is 10.9. The number of amides is 1. The van der Waals surface area contributed by atoms with E-state index in [2.05, 4.69) is 10.3 Å². The smallest absolute Gasteiger partial charge is 0.323 e. The summed E-state index contributed by atoms with van der Waals surface area (Å²) in [4.78, 5) is 30.7. The molecule has 7 heteroatoms. The van der Waals surface area contributed by atoms with Gasteiger partial charge in [-0.1, -0.05) is 54.8 Å². The minimum atomic E-state index is -0.903. The molecule has 2 N–H and O–H groups in total. The van der Waals surface area contributed by atoms with E-state index in [1.807, 2.05) is 55.5 Å². The first-order valence-electron chi connectivity index (χ1n) is 11.9. The average Bonchev–Trinajstić information content (AvgIpc) is 3.35. The van der Waals surface area contributed by atoms with Gasteiger partial charge in [-0.05, 0) is 60.6 Å². The quantitative estimate of drug-likeness (QED) is 0.395. The van der Waals surface area contributed by atoms with Gasteiger partial charge in [0.05, 0.1) is 10.9 Å². The molecule has 2 aromatic carbocycles. The number of aromatic nitrogens is 1. The van der Waals surface area contributed by atoms with Gasteiger partial charge in [-0.2, -0.15) is 0 Å². The number of pyridine rings is 1. The number of carboxylic acids is 1. The standard InChI is InChI=1S/C28H30ClN3O3/c1-18-24(8-5-9-25(18)32(2)17-26(33)34)31-28(35)27(20-6-3-4-7-20)21-12-10-19(11-13-21)22-14-23(29)16-30-15-22/h5,8-16,20,27H,3-4,6-7,17H2,1-2H3,(H,31,35)(H,33,34). The Bertz CT molecular complexity index is 1210. The highest BCUT2D eigenvalue weighted by Gasteiger charge is 2.32. The van der Waals surface area contributed by atoms with Gasteiger partial charge in [0.1, 0.15) is 6.54 Å². The third-order valence-corrected chi connectivity index (χ3v) is 7.02. The van der Waals surface area contributed by atoms with Gasteiger partial charge < -0.3 is 15.3 Å². The van der Waals surface area contributed by atoms with E-state index in [1.54, 1.807) is 24.3 Å². The van der Waals surface area contributed by atoms with E-state index in [0.717, 1.165) is 53.6 Å². The van der Waals surface area contributed by atoms with Gasteiger partial charge in [0.2, 0.25) is 5.91 Å². The first-order valence-corrected chi connectivity index (χ1v) is 12.3. The number of nitrogens with one attached hydrogen (secondary N) is 1. The van der Waals surface area contributed by atoms with E-state index < -0.39 is 5.97 Å². The maximum atomic E-state index is 13.7. The molecule has 1 unspecified atom stereocenters. The zero-order valence-electron chi connectivity index (χ0n) is 20.0. The Morgan fingerprint density at radius 1 is 1.11 bits per heavy atom. The van der Waals surface area contributed by atoms with E-state index >= 15 is 0 Å². The van der Waals surface area contributed by atoms with Gasteiger partial charge in [0.25, 0.3) is 0 Å². The van der Waals surface area contributed by atoms with Crippen molar-refractivity contribution in [2.75, 3.05) is 23.8 Å². The second-order valence-electron chi connectivity index (χ2n) is 9.22. The van der Waals surface area contributed by atoms with Crippen molar-refractivity contribution in [1.82, 2.24) is 4.98 Å². The number of hydrogen-bond acceptors (Lipinski definition) is 4. The molecule has 6 nitrogen and oxygen atoms in total. The predicted octanol–water partition coefficient (Wildman–Crippen LogP) is 6.14. The molecule has 0 radical (unpaired) electrons. The molecule has 0 saturated heterocycles. The molecule has 0 bridgehead atoms. The fourth-order valence-corrected chi connectivity index (χ4v) is 5.23. The van der Waals surface area contributed by atoms with Crippen LogP contribution in [0.15, 0.2) is 60.9 Å². The molecule has 1 atom stereocenters. The van der Waals surface area contributed by atoms with Crippen molar-refractivity contribution in [2.24, 2.45) is 5.92 Å². The Labute approximate surface area is 211 Å². The van der Waals surface area contributed by atoms with Gasteiger partial charge in [0.15, 0.2) is 0 Å². The highest BCUT2D eigenvalue weighted by Crippen LogP contribution is 2.39. The number of rotatable bonds is 8. The van der Waals surface area contributed by atoms with Gasteiger partial charge in [0, 0.05) is 36.4 Å². The average molecular weight is 492 g/mol. The van der Waals surface area contributed by atoms with Crippen LogP contribution in [0.2, 0.25) is 5.02 Å². The second-order valence-corrected chi connectivity index (χ2v) is 9.66. The molecule has 1 amide bonds. The van der Waals surface area contributed by atoms with Crippen molar-refractivity contribution >= 4 is 34.9 Å². The van der Waals surface area contributed by atoms with Crippen LogP contribution in [0.1, 0.15) is 42.7 Å². The topological polar surface area (TPSA) is 82.5 Å². The summed E-state index contributed by atoms with van der Waals surface area (Å²) in [7, 11) is 1.74. The fourth-order valence-electron chi connectivity index (χ4n) is 5.05. The molecule has 3 aromatic rings. The van der Waals surface area contributed by atoms with Crippen molar-refractivity contribution in [1.29, 1.82) is 0 Å². The zero-order valence-corrected chi connectivity index (χ0v) is 20.8. The number of carbonyl (C=O) groups is 2. The van der Waals surface area contributed by atoms with E-state index in [0.29, 0.717) is 10.7 Å². The van der Waals surface area contributed by atoms with Crippen LogP contribution in [0, 0.1) is 12.8 Å². The molecule has 182 valence electrons. The first kappa shape index (κ1) is 24.7. The van der Waals surface area contributed by atoms with Crippen molar-refractivity contribution in [2.45, 2.75) is 38.5 Å². The van der Waals surface area contributed by atoms with Crippen LogP contribution in [0.3, 0.4) is 0 Å². The van der Waals surface area contributed by atoms with Gasteiger partial charge in [-0.3, -0.25) is 14.6 Å². The Balaban J connectivity index is 1.60. The summed E-state index contributed by atoms with van der Waals surface area (Å²) in [6.45, 7) is 1.79. The van der Waals surface area contributed by atoms with Crippen LogP contribution >= 0.6 is 11.6 Å². The van der Waals surface area contributed by atoms with Gasteiger partial charge >= 0.3 is 5.97 Å². The number of benzene rings is 2. The van der Waals surface area contributed by atoms with Crippen LogP contribution < -0.4 is 10.2 Å². The minimum absolute atomic E-state index is 0.0322. The Kier molecular flexibility index (Phi) is 7.71. The molecule has 1 aromatic heterocycles. The van der Waals surface area contributed by atoms with E-state index in [9.17, 15) is 9.59 Å². The lowest BCUT2D eigenvalue weighted by atomic mass is 9.83. The van der Waals surface area contributed by atoms with Crippen molar-refractivity contribution in [3.05, 3.63) is 77.1 Å². The predicted molar refractivity (Wildman–Crippen MR) is 140 cm³/mol. The highest BCUT2D eigenvalue weighted by atomic mass is 35.5. The summed E-state index contributed by atoms with van der Waals surface area (Å²) in [6, 6.07) is 15.6. The lowest BCUT2D eigenvalue weighted by Crippen LogP contribution is -2.28. The first-order chi connectivity index (χ1) is 16.8. The molecule has 1 aliphatic carbocycles. The number of halogens is 1. The summed E-state index contributed by atoms with van der Waals surface area (Å²) in [5, 5.41) is 12.9. The van der Waals surface area contributed by atoms with Crippen molar-refractivity contribution in [3.63, 3.8) is 0 Å². The van der Waals surface area contributed by atoms with E-state index in [1.165, 1.54) is 0 Å². The Hall–Kier alpha value is -3.38. The summed E-state index contributed by atoms with van der Waals surface area (Å²) in [5.41, 5.74) is 5.25. The third-order valence-electron chi connectivity index (χ3n) is 6.81. The van der Waals surface area contributed by atoms with Crippen LogP contribution in [0.25, 0.3) is 11.1 Å². The SMILES string of the molecule is Cc1c(NC(=O)C(c2ccc(-c3cncc(Cl)c3)cc2)C2CCCC2)cccc1N(C)CC(=O)O. The van der Waals surface area contributed by atoms with Crippen LogP contribution in [-0.2, 0) is 9.59 Å². The summed E-state index contributed by atoms with van der Waals surface area (Å²) in [5.74, 6) is -0.912. The number of hydrogen-bond donors (Lipinski definition) is 2. The molecule has 4 rings (SSSR count). The normalized spacial score (nSPS) is 14.5. The van der Waals surface area contributed by atoms with Crippen LogP contribution in [-0.4, -0.2) is 35.6 Å². The number of anilines is 2. The lowest BCUT2D eigenvalue weighted by molar-refractivity contribution is -0.135. The van der Waals surface area contributed by atoms with Gasteiger partial charge in [-0.15, -0.1) is 0 Å². The van der Waals surface area contributed by atoms with Crippen molar-refractivity contribution in [3.8, 4) is 11.1 Å².